The lowest BCUT2D eigenvalue weighted by Crippen LogP contribution is -2.30. The van der Waals surface area contributed by atoms with Crippen LogP contribution in [-0.2, 0) is 23.8 Å². The molecule has 0 aromatic carbocycles. The van der Waals surface area contributed by atoms with Gasteiger partial charge in [-0.3, -0.25) is 9.59 Å². The van der Waals surface area contributed by atoms with Gasteiger partial charge < -0.3 is 14.2 Å². The fourth-order valence-electron chi connectivity index (χ4n) is 6.80. The van der Waals surface area contributed by atoms with E-state index in [9.17, 15) is 9.59 Å². The molecule has 0 aliphatic carbocycles. The average Bonchev–Trinajstić information content (AvgIpc) is 3.27. The molecule has 1 atom stereocenters. The number of carbonyl (C=O) groups excluding carboxylic acids is 2. The van der Waals surface area contributed by atoms with E-state index in [0.717, 1.165) is 83.5 Å². The van der Waals surface area contributed by atoms with Crippen molar-refractivity contribution in [1.29, 1.82) is 0 Å². The van der Waals surface area contributed by atoms with Crippen LogP contribution in [0.15, 0.2) is 97.2 Å². The zero-order valence-corrected chi connectivity index (χ0v) is 40.6. The second-order valence-electron chi connectivity index (χ2n) is 16.7. The molecule has 0 N–H and O–H groups in total. The highest BCUT2D eigenvalue weighted by Gasteiger charge is 2.17. The lowest BCUT2D eigenvalue weighted by Gasteiger charge is -2.18. The first-order valence-electron chi connectivity index (χ1n) is 25.8. The quantitative estimate of drug-likeness (QED) is 0.0347. The van der Waals surface area contributed by atoms with Crippen molar-refractivity contribution in [2.45, 2.75) is 232 Å². The van der Waals surface area contributed by atoms with E-state index in [1.165, 1.54) is 103 Å². The van der Waals surface area contributed by atoms with E-state index in [-0.39, 0.29) is 25.2 Å². The van der Waals surface area contributed by atoms with Gasteiger partial charge in [-0.2, -0.15) is 0 Å². The summed E-state index contributed by atoms with van der Waals surface area (Å²) in [4.78, 5) is 25.4. The van der Waals surface area contributed by atoms with E-state index in [1.54, 1.807) is 0 Å². The van der Waals surface area contributed by atoms with E-state index >= 15 is 0 Å². The van der Waals surface area contributed by atoms with Crippen LogP contribution in [0.2, 0.25) is 0 Å². The molecule has 0 rings (SSSR count). The van der Waals surface area contributed by atoms with Crippen LogP contribution >= 0.6 is 0 Å². The molecule has 0 aromatic heterocycles. The smallest absolute Gasteiger partial charge is 0.306 e. The average molecular weight is 861 g/mol. The molecular formula is C57H96O5. The molecule has 0 bridgehead atoms. The molecule has 0 fully saturated rings. The van der Waals surface area contributed by atoms with Gasteiger partial charge in [0.1, 0.15) is 6.61 Å². The lowest BCUT2D eigenvalue weighted by atomic mass is 10.1. The summed E-state index contributed by atoms with van der Waals surface area (Å²) in [6, 6.07) is 0. The molecule has 0 aliphatic rings. The largest absolute Gasteiger partial charge is 0.462 e. The number of hydrogen-bond donors (Lipinski definition) is 0. The number of esters is 2. The van der Waals surface area contributed by atoms with Gasteiger partial charge in [-0.25, -0.2) is 0 Å². The van der Waals surface area contributed by atoms with Crippen LogP contribution < -0.4 is 0 Å². The maximum Gasteiger partial charge on any atom is 0.306 e. The van der Waals surface area contributed by atoms with Gasteiger partial charge in [-0.05, 0) is 89.9 Å². The van der Waals surface area contributed by atoms with Crippen LogP contribution in [0, 0.1) is 0 Å². The minimum atomic E-state index is -0.576. The van der Waals surface area contributed by atoms with Gasteiger partial charge in [0, 0.05) is 19.4 Å². The first kappa shape index (κ1) is 58.8. The summed E-state index contributed by atoms with van der Waals surface area (Å²) in [6.07, 6.45) is 69.9. The van der Waals surface area contributed by atoms with Crippen molar-refractivity contribution in [2.75, 3.05) is 19.8 Å². The number of allylic oxidation sites excluding steroid dienone is 16. The highest BCUT2D eigenvalue weighted by molar-refractivity contribution is 5.70. The molecule has 0 saturated heterocycles. The van der Waals surface area contributed by atoms with E-state index in [2.05, 4.69) is 112 Å². The SMILES string of the molecule is CC/C=C\C/C=C\C/C=C\C/C=C\C/C=C\C/C=C\CCC(=O)OCC(COCCCCCCCCCCCCCC)OC(=O)CCCCCCC/C=C\C/C=C\CCCCC. The van der Waals surface area contributed by atoms with Crippen molar-refractivity contribution < 1.29 is 23.8 Å². The van der Waals surface area contributed by atoms with Crippen molar-refractivity contribution in [3.05, 3.63) is 97.2 Å². The number of rotatable bonds is 46. The Morgan fingerprint density at radius 1 is 0.371 bits per heavy atom. The number of hydrogen-bond acceptors (Lipinski definition) is 5. The third-order valence-electron chi connectivity index (χ3n) is 10.6. The van der Waals surface area contributed by atoms with Crippen molar-refractivity contribution >= 4 is 11.9 Å². The second kappa shape index (κ2) is 52.2. The summed E-state index contributed by atoms with van der Waals surface area (Å²) in [5.41, 5.74) is 0. The summed E-state index contributed by atoms with van der Waals surface area (Å²) in [5, 5.41) is 0. The molecular weight excluding hydrogens is 765 g/mol. The normalized spacial score (nSPS) is 13.0. The van der Waals surface area contributed by atoms with Crippen molar-refractivity contribution in [1.82, 2.24) is 0 Å². The predicted molar refractivity (Wildman–Crippen MR) is 270 cm³/mol. The van der Waals surface area contributed by atoms with Crippen LogP contribution in [0.3, 0.4) is 0 Å². The Morgan fingerprint density at radius 3 is 1.26 bits per heavy atom. The molecule has 0 heterocycles. The number of ether oxygens (including phenoxy) is 3. The van der Waals surface area contributed by atoms with Crippen LogP contribution in [0.25, 0.3) is 0 Å². The Hall–Kier alpha value is -3.18. The Labute approximate surface area is 383 Å². The molecule has 62 heavy (non-hydrogen) atoms. The minimum Gasteiger partial charge on any atom is -0.462 e. The zero-order valence-electron chi connectivity index (χ0n) is 40.6. The van der Waals surface area contributed by atoms with Gasteiger partial charge in [0.25, 0.3) is 0 Å². The fraction of sp³-hybridized carbons (Fsp3) is 0.684. The van der Waals surface area contributed by atoms with Gasteiger partial charge in [0.05, 0.1) is 6.61 Å². The Bertz CT molecular complexity index is 1200. The van der Waals surface area contributed by atoms with Gasteiger partial charge in [-0.1, -0.05) is 221 Å². The summed E-state index contributed by atoms with van der Waals surface area (Å²) in [7, 11) is 0. The monoisotopic (exact) mass is 861 g/mol. The summed E-state index contributed by atoms with van der Waals surface area (Å²) in [5.74, 6) is -0.510. The number of carbonyl (C=O) groups is 2. The first-order chi connectivity index (χ1) is 30.6. The standard InChI is InChI=1S/C57H96O5/c1-4-7-10-13-16-19-22-25-27-28-29-30-32-33-35-38-41-44-47-50-56(58)61-54-55(53-60-52-49-46-43-40-37-24-21-18-15-12-9-6-3)62-57(59)51-48-45-42-39-36-34-31-26-23-20-17-14-11-8-5-2/h7,10,16-17,19-20,25-27,29-31,33,35,41,44,55H,4-6,8-9,11-15,18,21-24,28,32,34,36-40,42-43,45-54H2,1-3H3/b10-7-,19-16-,20-17-,27-25-,30-29-,31-26-,35-33-,44-41-. The third-order valence-corrected chi connectivity index (χ3v) is 10.6. The van der Waals surface area contributed by atoms with E-state index in [0.29, 0.717) is 25.9 Å². The molecule has 0 aromatic rings. The Morgan fingerprint density at radius 2 is 0.758 bits per heavy atom. The second-order valence-corrected chi connectivity index (χ2v) is 16.7. The van der Waals surface area contributed by atoms with E-state index in [4.69, 9.17) is 14.2 Å². The van der Waals surface area contributed by atoms with Crippen LogP contribution in [0.4, 0.5) is 0 Å². The third kappa shape index (κ3) is 49.5. The Kier molecular flexibility index (Phi) is 49.5. The molecule has 5 nitrogen and oxygen atoms in total. The van der Waals surface area contributed by atoms with Gasteiger partial charge in [0.2, 0.25) is 0 Å². The van der Waals surface area contributed by atoms with Crippen LogP contribution in [0.1, 0.15) is 226 Å². The molecule has 0 amide bonds. The summed E-state index contributed by atoms with van der Waals surface area (Å²) in [6.45, 7) is 7.59. The van der Waals surface area contributed by atoms with Crippen molar-refractivity contribution in [3.63, 3.8) is 0 Å². The summed E-state index contributed by atoms with van der Waals surface area (Å²) < 4.78 is 17.3. The van der Waals surface area contributed by atoms with E-state index < -0.39 is 6.10 Å². The highest BCUT2D eigenvalue weighted by atomic mass is 16.6. The molecule has 0 spiro atoms. The zero-order chi connectivity index (χ0) is 44.9. The predicted octanol–water partition coefficient (Wildman–Crippen LogP) is 17.5. The lowest BCUT2D eigenvalue weighted by molar-refractivity contribution is -0.162. The minimum absolute atomic E-state index is 0.0366. The van der Waals surface area contributed by atoms with Gasteiger partial charge >= 0.3 is 11.9 Å². The molecule has 0 saturated carbocycles. The summed E-state index contributed by atoms with van der Waals surface area (Å²) >= 11 is 0. The topological polar surface area (TPSA) is 61.8 Å². The number of unbranched alkanes of at least 4 members (excludes halogenated alkanes) is 19. The molecule has 0 aliphatic heterocycles. The molecule has 1 unspecified atom stereocenters. The molecule has 5 heteroatoms. The van der Waals surface area contributed by atoms with Crippen LogP contribution in [0.5, 0.6) is 0 Å². The maximum atomic E-state index is 12.8. The van der Waals surface area contributed by atoms with Gasteiger partial charge in [0.15, 0.2) is 6.10 Å². The first-order valence-corrected chi connectivity index (χ1v) is 25.8. The van der Waals surface area contributed by atoms with Crippen LogP contribution in [-0.4, -0.2) is 37.9 Å². The maximum absolute atomic E-state index is 12.8. The molecule has 0 radical (unpaired) electrons. The Balaban J connectivity index is 4.40. The van der Waals surface area contributed by atoms with E-state index in [1.807, 2.05) is 6.08 Å². The van der Waals surface area contributed by atoms with Gasteiger partial charge in [-0.15, -0.1) is 0 Å². The molecule has 354 valence electrons. The van der Waals surface area contributed by atoms with Crippen molar-refractivity contribution in [3.8, 4) is 0 Å². The van der Waals surface area contributed by atoms with Crippen molar-refractivity contribution in [2.24, 2.45) is 0 Å². The fourth-order valence-corrected chi connectivity index (χ4v) is 6.80. The highest BCUT2D eigenvalue weighted by Crippen LogP contribution is 2.13.